The highest BCUT2D eigenvalue weighted by Gasteiger charge is 2.40. The average molecular weight is 353 g/mol. The van der Waals surface area contributed by atoms with Gasteiger partial charge in [-0.1, -0.05) is 31.9 Å². The molecule has 0 spiro atoms. The Bertz CT molecular complexity index is 247. The number of halogens is 5. The average Bonchev–Trinajstić information content (AvgIpc) is 2.10. The summed E-state index contributed by atoms with van der Waals surface area (Å²) in [6.45, 7) is 0. The van der Waals surface area contributed by atoms with Gasteiger partial charge in [0.15, 0.2) is 0 Å². The second kappa shape index (κ2) is 5.03. The van der Waals surface area contributed by atoms with Crippen LogP contribution in [0.5, 0.6) is 0 Å². The first-order valence-electron chi connectivity index (χ1n) is 4.46. The summed E-state index contributed by atoms with van der Waals surface area (Å²) in [5, 5.41) is 2.00. The third-order valence-corrected chi connectivity index (χ3v) is 5.10. The summed E-state index contributed by atoms with van der Waals surface area (Å²) in [4.78, 5) is 11.0. The smallest absolute Gasteiger partial charge is 0.346 e. The zero-order chi connectivity index (χ0) is 11.6. The van der Waals surface area contributed by atoms with Crippen LogP contribution in [0.15, 0.2) is 0 Å². The Morgan fingerprint density at radius 1 is 1.20 bits per heavy atom. The predicted molar refractivity (Wildman–Crippen MR) is 57.3 cm³/mol. The number of alkyl halides is 5. The Labute approximate surface area is 102 Å². The van der Waals surface area contributed by atoms with E-state index in [1.165, 1.54) is 0 Å². The Morgan fingerprint density at radius 2 is 1.80 bits per heavy atom. The molecular weight excluding hydrogens is 343 g/mol. The van der Waals surface area contributed by atoms with Gasteiger partial charge >= 0.3 is 12.1 Å². The number of hydrogen-bond acceptors (Lipinski definition) is 1. The lowest BCUT2D eigenvalue weighted by molar-refractivity contribution is -0.174. The first-order valence-corrected chi connectivity index (χ1v) is 6.29. The molecule has 1 saturated carbocycles. The van der Waals surface area contributed by atoms with Gasteiger partial charge < -0.3 is 5.32 Å². The van der Waals surface area contributed by atoms with Crippen molar-refractivity contribution in [2.24, 2.45) is 0 Å². The predicted octanol–water partition coefficient (Wildman–Crippen LogP) is 2.74. The van der Waals surface area contributed by atoms with Gasteiger partial charge in [0.1, 0.15) is 0 Å². The molecule has 88 valence electrons. The number of rotatable bonds is 1. The Kier molecular flexibility index (Phi) is 4.46. The van der Waals surface area contributed by atoms with Crippen molar-refractivity contribution < 1.29 is 18.0 Å². The Balaban J connectivity index is 2.44. The number of nitrogens with one attached hydrogen (secondary N) is 1. The molecule has 0 radical (unpaired) electrons. The summed E-state index contributed by atoms with van der Waals surface area (Å²) >= 11 is 6.76. The fourth-order valence-electron chi connectivity index (χ4n) is 1.48. The molecular formula is C8H10Br2F3NO. The van der Waals surface area contributed by atoms with Crippen molar-refractivity contribution in [1.29, 1.82) is 0 Å². The molecule has 1 aliphatic carbocycles. The second-order valence-corrected chi connectivity index (χ2v) is 5.87. The largest absolute Gasteiger partial charge is 0.471 e. The van der Waals surface area contributed by atoms with Crippen molar-refractivity contribution in [3.05, 3.63) is 0 Å². The van der Waals surface area contributed by atoms with Gasteiger partial charge in [-0.25, -0.2) is 0 Å². The molecule has 0 aromatic heterocycles. The standard InChI is InChI=1S/C8H10Br2F3NO/c9-5-2-1-4(3-6(5)10)14-7(15)8(11,12)13/h4-6H,1-3H2,(H,14,15)/t4-,5+,6+/m1/s1. The minimum atomic E-state index is -4.78. The van der Waals surface area contributed by atoms with Crippen LogP contribution in [-0.2, 0) is 4.79 Å². The Hall–Kier alpha value is 0.220. The SMILES string of the molecule is O=C(N[C@@H]1CC[C@H](Br)[C@@H](Br)C1)C(F)(F)F. The summed E-state index contributed by atoms with van der Waals surface area (Å²) in [6, 6.07) is -0.391. The molecule has 1 rings (SSSR count). The van der Waals surface area contributed by atoms with E-state index in [0.29, 0.717) is 12.8 Å². The topological polar surface area (TPSA) is 29.1 Å². The summed E-state index contributed by atoms with van der Waals surface area (Å²) in [6.07, 6.45) is -2.96. The number of carbonyl (C=O) groups excluding carboxylic acids is 1. The maximum atomic E-state index is 11.9. The molecule has 3 atom stereocenters. The van der Waals surface area contributed by atoms with Gasteiger partial charge in [0.2, 0.25) is 0 Å². The molecule has 1 aliphatic rings. The van der Waals surface area contributed by atoms with E-state index in [0.717, 1.165) is 6.42 Å². The van der Waals surface area contributed by atoms with Crippen LogP contribution in [0.25, 0.3) is 0 Å². The lowest BCUT2D eigenvalue weighted by atomic mass is 9.95. The quantitative estimate of drug-likeness (QED) is 0.722. The molecule has 0 aromatic rings. The number of amides is 1. The van der Waals surface area contributed by atoms with E-state index in [4.69, 9.17) is 0 Å². The highest BCUT2D eigenvalue weighted by Crippen LogP contribution is 2.30. The van der Waals surface area contributed by atoms with E-state index < -0.39 is 18.1 Å². The first-order chi connectivity index (χ1) is 6.80. The third kappa shape index (κ3) is 3.94. The maximum absolute atomic E-state index is 11.9. The van der Waals surface area contributed by atoms with E-state index in [2.05, 4.69) is 31.9 Å². The molecule has 1 fully saturated rings. The van der Waals surface area contributed by atoms with Gasteiger partial charge in [0, 0.05) is 15.7 Å². The van der Waals surface area contributed by atoms with Crippen molar-refractivity contribution in [3.63, 3.8) is 0 Å². The van der Waals surface area contributed by atoms with Gasteiger partial charge in [-0.2, -0.15) is 13.2 Å². The van der Waals surface area contributed by atoms with Crippen LogP contribution in [0.2, 0.25) is 0 Å². The van der Waals surface area contributed by atoms with Crippen LogP contribution in [-0.4, -0.2) is 27.8 Å². The van der Waals surface area contributed by atoms with Gasteiger partial charge in [0.25, 0.3) is 0 Å². The first kappa shape index (κ1) is 13.3. The van der Waals surface area contributed by atoms with Crippen molar-refractivity contribution >= 4 is 37.8 Å². The minimum absolute atomic E-state index is 0.102. The molecule has 0 unspecified atom stereocenters. The van der Waals surface area contributed by atoms with Crippen LogP contribution < -0.4 is 5.32 Å². The van der Waals surface area contributed by atoms with Gasteiger partial charge in [-0.3, -0.25) is 4.79 Å². The lowest BCUT2D eigenvalue weighted by Gasteiger charge is -2.30. The maximum Gasteiger partial charge on any atom is 0.471 e. The fraction of sp³-hybridized carbons (Fsp3) is 0.875. The van der Waals surface area contributed by atoms with E-state index in [1.54, 1.807) is 0 Å². The van der Waals surface area contributed by atoms with Crippen molar-refractivity contribution in [3.8, 4) is 0 Å². The molecule has 0 heterocycles. The van der Waals surface area contributed by atoms with Crippen molar-refractivity contribution in [2.75, 3.05) is 0 Å². The van der Waals surface area contributed by atoms with Crippen molar-refractivity contribution in [1.82, 2.24) is 5.32 Å². The highest BCUT2D eigenvalue weighted by molar-refractivity contribution is 9.12. The minimum Gasteiger partial charge on any atom is -0.346 e. The van der Waals surface area contributed by atoms with E-state index in [1.807, 2.05) is 5.32 Å². The molecule has 2 nitrogen and oxygen atoms in total. The zero-order valence-electron chi connectivity index (χ0n) is 7.65. The molecule has 0 aliphatic heterocycles. The van der Waals surface area contributed by atoms with Crippen LogP contribution in [0, 0.1) is 0 Å². The Morgan fingerprint density at radius 3 is 2.27 bits per heavy atom. The zero-order valence-corrected chi connectivity index (χ0v) is 10.8. The molecule has 15 heavy (non-hydrogen) atoms. The molecule has 7 heteroatoms. The summed E-state index contributed by atoms with van der Waals surface area (Å²) < 4.78 is 35.8. The third-order valence-electron chi connectivity index (χ3n) is 2.29. The van der Waals surface area contributed by atoms with Crippen molar-refractivity contribution in [2.45, 2.75) is 41.1 Å². The van der Waals surface area contributed by atoms with Gasteiger partial charge in [-0.15, -0.1) is 0 Å². The monoisotopic (exact) mass is 351 g/mol. The normalized spacial score (nSPS) is 32.5. The van der Waals surface area contributed by atoms with Crippen LogP contribution in [0.4, 0.5) is 13.2 Å². The van der Waals surface area contributed by atoms with Gasteiger partial charge in [-0.05, 0) is 19.3 Å². The number of hydrogen-bond donors (Lipinski definition) is 1. The van der Waals surface area contributed by atoms with Crippen LogP contribution in [0.3, 0.4) is 0 Å². The molecule has 1 N–H and O–H groups in total. The summed E-state index contributed by atoms with van der Waals surface area (Å²) in [5.41, 5.74) is 0. The lowest BCUT2D eigenvalue weighted by Crippen LogP contribution is -2.46. The van der Waals surface area contributed by atoms with Gasteiger partial charge in [0.05, 0.1) is 0 Å². The molecule has 0 bridgehead atoms. The van der Waals surface area contributed by atoms with E-state index in [9.17, 15) is 18.0 Å². The molecule has 0 aromatic carbocycles. The summed E-state index contributed by atoms with van der Waals surface area (Å²) in [7, 11) is 0. The van der Waals surface area contributed by atoms with E-state index >= 15 is 0 Å². The number of carbonyl (C=O) groups is 1. The second-order valence-electron chi connectivity index (χ2n) is 3.51. The summed E-state index contributed by atoms with van der Waals surface area (Å²) in [5.74, 6) is -1.85. The van der Waals surface area contributed by atoms with E-state index in [-0.39, 0.29) is 9.65 Å². The molecule has 1 amide bonds. The molecule has 0 saturated heterocycles. The fourth-order valence-corrected chi connectivity index (χ4v) is 2.67. The highest BCUT2D eigenvalue weighted by atomic mass is 79.9. The van der Waals surface area contributed by atoms with Crippen LogP contribution in [0.1, 0.15) is 19.3 Å². The van der Waals surface area contributed by atoms with Crippen LogP contribution >= 0.6 is 31.9 Å².